The van der Waals surface area contributed by atoms with Crippen LogP contribution in [0, 0.1) is 11.7 Å². The van der Waals surface area contributed by atoms with Gasteiger partial charge in [-0.2, -0.15) is 0 Å². The molecule has 86 valence electrons. The number of nitrogens with one attached hydrogen (secondary N) is 2. The maximum Gasteiger partial charge on any atom is 0.252 e. The van der Waals surface area contributed by atoms with Crippen LogP contribution in [0.3, 0.4) is 0 Å². The van der Waals surface area contributed by atoms with E-state index in [1.54, 1.807) is 0 Å². The number of rotatable bonds is 3. The highest BCUT2D eigenvalue weighted by molar-refractivity contribution is 5.93. The van der Waals surface area contributed by atoms with Gasteiger partial charge in [0.25, 0.3) is 5.91 Å². The average Bonchev–Trinajstić information content (AvgIpc) is 2.78. The van der Waals surface area contributed by atoms with Gasteiger partial charge in [0.15, 0.2) is 0 Å². The first-order valence-electron chi connectivity index (χ1n) is 5.35. The summed E-state index contributed by atoms with van der Waals surface area (Å²) in [6, 6.07) is 1.19. The fraction of sp³-hybridized carbons (Fsp3) is 0.455. The number of carbonyl (C=O) groups excluding carboxylic acids is 1. The molecule has 4 nitrogen and oxygen atoms in total. The highest BCUT2D eigenvalue weighted by atomic mass is 19.1. The summed E-state index contributed by atoms with van der Waals surface area (Å²) >= 11 is 0. The third-order valence-corrected chi connectivity index (χ3v) is 2.68. The molecule has 5 heteroatoms. The van der Waals surface area contributed by atoms with Gasteiger partial charge in [-0.3, -0.25) is 9.78 Å². The first-order chi connectivity index (χ1) is 7.75. The molecular formula is C11H14FN3O. The largest absolute Gasteiger partial charge is 0.352 e. The molecule has 1 atom stereocenters. The van der Waals surface area contributed by atoms with E-state index in [1.807, 2.05) is 0 Å². The van der Waals surface area contributed by atoms with Crippen LogP contribution in [0.4, 0.5) is 4.39 Å². The second-order valence-corrected chi connectivity index (χ2v) is 3.96. The fourth-order valence-electron chi connectivity index (χ4n) is 1.76. The van der Waals surface area contributed by atoms with E-state index in [-0.39, 0.29) is 11.5 Å². The van der Waals surface area contributed by atoms with Gasteiger partial charge in [0.2, 0.25) is 0 Å². The Balaban J connectivity index is 1.87. The topological polar surface area (TPSA) is 54.0 Å². The van der Waals surface area contributed by atoms with E-state index in [1.165, 1.54) is 12.3 Å². The number of hydrogen-bond donors (Lipinski definition) is 2. The van der Waals surface area contributed by atoms with Crippen molar-refractivity contribution in [2.24, 2.45) is 5.92 Å². The van der Waals surface area contributed by atoms with E-state index in [2.05, 4.69) is 15.6 Å². The molecule has 0 radical (unpaired) electrons. The van der Waals surface area contributed by atoms with Crippen molar-refractivity contribution >= 4 is 5.91 Å². The molecule has 1 amide bonds. The van der Waals surface area contributed by atoms with Crippen LogP contribution in [-0.4, -0.2) is 30.5 Å². The van der Waals surface area contributed by atoms with Gasteiger partial charge < -0.3 is 10.6 Å². The number of amides is 1. The number of halogens is 1. The summed E-state index contributed by atoms with van der Waals surface area (Å²) in [7, 11) is 0. The number of aromatic nitrogens is 1. The molecule has 1 aromatic heterocycles. The Kier molecular flexibility index (Phi) is 3.46. The van der Waals surface area contributed by atoms with Crippen molar-refractivity contribution in [2.45, 2.75) is 6.42 Å². The zero-order valence-electron chi connectivity index (χ0n) is 8.87. The first-order valence-corrected chi connectivity index (χ1v) is 5.35. The Hall–Kier alpha value is -1.49. The van der Waals surface area contributed by atoms with Gasteiger partial charge in [0.05, 0.1) is 11.8 Å². The van der Waals surface area contributed by atoms with Crippen LogP contribution in [0.5, 0.6) is 0 Å². The molecule has 1 aliphatic heterocycles. The molecular weight excluding hydrogens is 209 g/mol. The average molecular weight is 223 g/mol. The highest BCUT2D eigenvalue weighted by Crippen LogP contribution is 2.06. The van der Waals surface area contributed by atoms with Crippen LogP contribution in [0.2, 0.25) is 0 Å². The molecule has 0 aliphatic carbocycles. The van der Waals surface area contributed by atoms with Crippen molar-refractivity contribution in [1.82, 2.24) is 15.6 Å². The van der Waals surface area contributed by atoms with E-state index >= 15 is 0 Å². The minimum absolute atomic E-state index is 0.265. The lowest BCUT2D eigenvalue weighted by Crippen LogP contribution is -2.30. The van der Waals surface area contributed by atoms with Gasteiger partial charge in [-0.05, 0) is 31.5 Å². The lowest BCUT2D eigenvalue weighted by atomic mass is 10.1. The van der Waals surface area contributed by atoms with E-state index < -0.39 is 5.82 Å². The third kappa shape index (κ3) is 2.76. The van der Waals surface area contributed by atoms with Crippen LogP contribution in [0.15, 0.2) is 18.5 Å². The molecule has 0 aromatic carbocycles. The Morgan fingerprint density at radius 1 is 1.62 bits per heavy atom. The summed E-state index contributed by atoms with van der Waals surface area (Å²) in [5.74, 6) is -0.278. The molecule has 0 saturated carbocycles. The number of carbonyl (C=O) groups is 1. The van der Waals surface area contributed by atoms with Gasteiger partial charge in [0, 0.05) is 12.7 Å². The molecule has 1 aromatic rings. The van der Waals surface area contributed by atoms with Gasteiger partial charge in [-0.25, -0.2) is 4.39 Å². The first kappa shape index (κ1) is 11.0. The molecule has 1 saturated heterocycles. The van der Waals surface area contributed by atoms with Crippen molar-refractivity contribution in [3.05, 3.63) is 29.8 Å². The summed E-state index contributed by atoms with van der Waals surface area (Å²) in [6.45, 7) is 2.56. The quantitative estimate of drug-likeness (QED) is 0.787. The Morgan fingerprint density at radius 2 is 2.50 bits per heavy atom. The minimum atomic E-state index is -0.491. The van der Waals surface area contributed by atoms with Crippen molar-refractivity contribution < 1.29 is 9.18 Å². The monoisotopic (exact) mass is 223 g/mol. The van der Waals surface area contributed by atoms with E-state index in [0.717, 1.165) is 25.7 Å². The van der Waals surface area contributed by atoms with E-state index in [9.17, 15) is 9.18 Å². The zero-order valence-corrected chi connectivity index (χ0v) is 8.87. The second-order valence-electron chi connectivity index (χ2n) is 3.96. The predicted octanol–water partition coefficient (Wildman–Crippen LogP) is 0.560. The normalized spacial score (nSPS) is 19.7. The molecule has 1 fully saturated rings. The summed E-state index contributed by atoms with van der Waals surface area (Å²) < 4.78 is 12.8. The van der Waals surface area contributed by atoms with Crippen molar-refractivity contribution in [1.29, 1.82) is 0 Å². The Bertz CT molecular complexity index is 377. The summed E-state index contributed by atoms with van der Waals surface area (Å²) in [4.78, 5) is 15.3. The summed E-state index contributed by atoms with van der Waals surface area (Å²) in [5, 5.41) is 6.00. The molecule has 2 rings (SSSR count). The molecule has 0 spiro atoms. The fourth-order valence-corrected chi connectivity index (χ4v) is 1.76. The molecule has 2 N–H and O–H groups in total. The maximum atomic E-state index is 12.8. The number of nitrogens with zero attached hydrogens (tertiary/aromatic N) is 1. The smallest absolute Gasteiger partial charge is 0.252 e. The predicted molar refractivity (Wildman–Crippen MR) is 57.5 cm³/mol. The van der Waals surface area contributed by atoms with Crippen molar-refractivity contribution in [3.63, 3.8) is 0 Å². The van der Waals surface area contributed by atoms with Gasteiger partial charge in [-0.15, -0.1) is 0 Å². The number of hydrogen-bond acceptors (Lipinski definition) is 3. The molecule has 1 aliphatic rings. The van der Waals surface area contributed by atoms with E-state index in [4.69, 9.17) is 0 Å². The Morgan fingerprint density at radius 3 is 3.19 bits per heavy atom. The van der Waals surface area contributed by atoms with Gasteiger partial charge >= 0.3 is 0 Å². The van der Waals surface area contributed by atoms with Crippen LogP contribution < -0.4 is 10.6 Å². The maximum absolute atomic E-state index is 12.8. The number of pyridine rings is 1. The molecule has 0 bridgehead atoms. The molecule has 1 unspecified atom stereocenters. The van der Waals surface area contributed by atoms with Crippen LogP contribution >= 0.6 is 0 Å². The second kappa shape index (κ2) is 5.03. The SMILES string of the molecule is O=C(NCC1CCNC1)c1cncc(F)c1. The summed E-state index contributed by atoms with van der Waals surface area (Å²) in [6.07, 6.45) is 3.52. The molecule has 16 heavy (non-hydrogen) atoms. The standard InChI is InChI=1S/C11H14FN3O/c12-10-3-9(6-14-7-10)11(16)15-5-8-1-2-13-4-8/h3,6-8,13H,1-2,4-5H2,(H,15,16). The van der Waals surface area contributed by atoms with Crippen molar-refractivity contribution in [2.75, 3.05) is 19.6 Å². The third-order valence-electron chi connectivity index (χ3n) is 2.68. The van der Waals surface area contributed by atoms with Crippen molar-refractivity contribution in [3.8, 4) is 0 Å². The van der Waals surface area contributed by atoms with Crippen LogP contribution in [0.1, 0.15) is 16.8 Å². The molecule has 2 heterocycles. The van der Waals surface area contributed by atoms with Crippen LogP contribution in [-0.2, 0) is 0 Å². The lowest BCUT2D eigenvalue weighted by Gasteiger charge is -2.09. The minimum Gasteiger partial charge on any atom is -0.352 e. The lowest BCUT2D eigenvalue weighted by molar-refractivity contribution is 0.0947. The highest BCUT2D eigenvalue weighted by Gasteiger charge is 2.15. The summed E-state index contributed by atoms with van der Waals surface area (Å²) in [5.41, 5.74) is 0.269. The van der Waals surface area contributed by atoms with Gasteiger partial charge in [-0.1, -0.05) is 0 Å². The van der Waals surface area contributed by atoms with E-state index in [0.29, 0.717) is 12.5 Å². The van der Waals surface area contributed by atoms with Gasteiger partial charge in [0.1, 0.15) is 5.82 Å². The zero-order chi connectivity index (χ0) is 11.4. The van der Waals surface area contributed by atoms with Crippen LogP contribution in [0.25, 0.3) is 0 Å². The Labute approximate surface area is 93.3 Å².